The van der Waals surface area contributed by atoms with Gasteiger partial charge in [-0.2, -0.15) is 0 Å². The predicted molar refractivity (Wildman–Crippen MR) is 102 cm³/mol. The molecule has 4 rings (SSSR count). The van der Waals surface area contributed by atoms with Crippen molar-refractivity contribution in [3.63, 3.8) is 0 Å². The lowest BCUT2D eigenvalue weighted by molar-refractivity contribution is -0.135. The molecular formula is C20H22N4O3. The Bertz CT molecular complexity index is 995. The minimum atomic E-state index is -0.423. The largest absolute Gasteiger partial charge is 0.387 e. The number of imidazole rings is 1. The third-order valence-electron chi connectivity index (χ3n) is 5.24. The minimum absolute atomic E-state index is 0.137. The van der Waals surface area contributed by atoms with Gasteiger partial charge in [0.1, 0.15) is 12.4 Å². The summed E-state index contributed by atoms with van der Waals surface area (Å²) in [7, 11) is 0. The van der Waals surface area contributed by atoms with Crippen molar-refractivity contribution in [1.82, 2.24) is 19.4 Å². The van der Waals surface area contributed by atoms with Gasteiger partial charge in [0.15, 0.2) is 0 Å². The first-order valence-corrected chi connectivity index (χ1v) is 9.18. The van der Waals surface area contributed by atoms with Crippen LogP contribution >= 0.6 is 0 Å². The molecule has 27 heavy (non-hydrogen) atoms. The summed E-state index contributed by atoms with van der Waals surface area (Å²) in [6.07, 6.45) is 3.48. The zero-order valence-corrected chi connectivity index (χ0v) is 15.0. The number of amides is 1. The number of carbonyl (C=O) groups excluding carboxylic acids is 1. The van der Waals surface area contributed by atoms with Gasteiger partial charge in [-0.3, -0.25) is 9.59 Å². The Kier molecular flexibility index (Phi) is 4.77. The zero-order chi connectivity index (χ0) is 18.8. The number of benzene rings is 1. The van der Waals surface area contributed by atoms with Gasteiger partial charge in [-0.1, -0.05) is 12.1 Å². The fourth-order valence-electron chi connectivity index (χ4n) is 3.75. The standard InChI is InChI=1S/C20H22N4O3/c25-13-19(27)23-9-7-14(8-10-23)12-24-17-4-2-1-3-16(17)22-20(24)15-5-6-18(26)21-11-15/h1-6,11,14,25H,7-10,12-13H2,(H,21,26). The summed E-state index contributed by atoms with van der Waals surface area (Å²) >= 11 is 0. The molecule has 1 fully saturated rings. The van der Waals surface area contributed by atoms with Crippen molar-refractivity contribution in [3.05, 3.63) is 52.9 Å². The number of aromatic nitrogens is 3. The molecule has 0 spiro atoms. The molecule has 2 N–H and O–H groups in total. The van der Waals surface area contributed by atoms with Crippen LogP contribution < -0.4 is 5.56 Å². The van der Waals surface area contributed by atoms with E-state index in [1.54, 1.807) is 17.2 Å². The van der Waals surface area contributed by atoms with E-state index in [0.717, 1.165) is 41.8 Å². The van der Waals surface area contributed by atoms with Crippen LogP contribution in [0.15, 0.2) is 47.4 Å². The van der Waals surface area contributed by atoms with Crippen LogP contribution in [-0.2, 0) is 11.3 Å². The van der Waals surface area contributed by atoms with Gasteiger partial charge >= 0.3 is 0 Å². The van der Waals surface area contributed by atoms with Gasteiger partial charge in [0.2, 0.25) is 11.5 Å². The van der Waals surface area contributed by atoms with E-state index in [-0.39, 0.29) is 11.5 Å². The van der Waals surface area contributed by atoms with Gasteiger partial charge in [0.25, 0.3) is 0 Å². The number of likely N-dealkylation sites (tertiary alicyclic amines) is 1. The van der Waals surface area contributed by atoms with E-state index in [2.05, 4.69) is 15.6 Å². The Balaban J connectivity index is 1.63. The molecule has 7 heteroatoms. The molecular weight excluding hydrogens is 344 g/mol. The highest BCUT2D eigenvalue weighted by molar-refractivity contribution is 5.80. The molecule has 1 aromatic carbocycles. The number of aliphatic hydroxyl groups excluding tert-OH is 1. The maximum atomic E-state index is 11.7. The number of piperidine rings is 1. The molecule has 140 valence electrons. The smallest absolute Gasteiger partial charge is 0.248 e. The van der Waals surface area contributed by atoms with Gasteiger partial charge in [-0.05, 0) is 37.0 Å². The van der Waals surface area contributed by atoms with E-state index in [1.165, 1.54) is 6.07 Å². The topological polar surface area (TPSA) is 91.2 Å². The van der Waals surface area contributed by atoms with E-state index >= 15 is 0 Å². The molecule has 0 aliphatic carbocycles. The maximum Gasteiger partial charge on any atom is 0.248 e. The third-order valence-corrected chi connectivity index (χ3v) is 5.24. The Hall–Kier alpha value is -2.93. The number of fused-ring (bicyclic) bond motifs is 1. The molecule has 3 aromatic rings. The highest BCUT2D eigenvalue weighted by Gasteiger charge is 2.24. The Labute approximate surface area is 156 Å². The number of aromatic amines is 1. The van der Waals surface area contributed by atoms with E-state index < -0.39 is 6.61 Å². The van der Waals surface area contributed by atoms with Crippen LogP contribution in [0.1, 0.15) is 12.8 Å². The maximum absolute atomic E-state index is 11.7. The van der Waals surface area contributed by atoms with Crippen molar-refractivity contribution >= 4 is 16.9 Å². The lowest BCUT2D eigenvalue weighted by atomic mass is 9.96. The highest BCUT2D eigenvalue weighted by Crippen LogP contribution is 2.28. The second-order valence-corrected chi connectivity index (χ2v) is 6.96. The van der Waals surface area contributed by atoms with Crippen LogP contribution in [0.4, 0.5) is 0 Å². The van der Waals surface area contributed by atoms with Crippen LogP contribution in [-0.4, -0.2) is 50.1 Å². The summed E-state index contributed by atoms with van der Waals surface area (Å²) in [6.45, 7) is 1.72. The van der Waals surface area contributed by atoms with Crippen molar-refractivity contribution in [3.8, 4) is 11.4 Å². The summed E-state index contributed by atoms with van der Waals surface area (Å²) in [5.41, 5.74) is 2.72. The average Bonchev–Trinajstić information content (AvgIpc) is 3.07. The van der Waals surface area contributed by atoms with Gasteiger partial charge in [-0.25, -0.2) is 4.98 Å². The molecule has 1 aliphatic heterocycles. The summed E-state index contributed by atoms with van der Waals surface area (Å²) in [6, 6.07) is 11.3. The quantitative estimate of drug-likeness (QED) is 0.734. The fraction of sp³-hybridized carbons (Fsp3) is 0.350. The molecule has 1 amide bonds. The minimum Gasteiger partial charge on any atom is -0.387 e. The molecule has 0 radical (unpaired) electrons. The number of H-pyrrole nitrogens is 1. The normalized spacial score (nSPS) is 15.4. The molecule has 0 unspecified atom stereocenters. The van der Waals surface area contributed by atoms with Crippen LogP contribution in [0.2, 0.25) is 0 Å². The number of carbonyl (C=O) groups is 1. The lowest BCUT2D eigenvalue weighted by Crippen LogP contribution is -2.40. The number of para-hydroxylation sites is 2. The molecule has 1 aliphatic rings. The number of rotatable bonds is 4. The van der Waals surface area contributed by atoms with Gasteiger partial charge in [0, 0.05) is 37.5 Å². The van der Waals surface area contributed by atoms with Crippen molar-refractivity contribution in [2.45, 2.75) is 19.4 Å². The summed E-state index contributed by atoms with van der Waals surface area (Å²) < 4.78 is 2.21. The number of hydrogen-bond donors (Lipinski definition) is 2. The molecule has 3 heterocycles. The van der Waals surface area contributed by atoms with E-state index in [1.807, 2.05) is 18.2 Å². The zero-order valence-electron chi connectivity index (χ0n) is 15.0. The second kappa shape index (κ2) is 7.36. The van der Waals surface area contributed by atoms with Crippen molar-refractivity contribution in [2.24, 2.45) is 5.92 Å². The number of nitrogens with one attached hydrogen (secondary N) is 1. The molecule has 1 saturated heterocycles. The first-order valence-electron chi connectivity index (χ1n) is 9.18. The van der Waals surface area contributed by atoms with Crippen molar-refractivity contribution in [2.75, 3.05) is 19.7 Å². The number of nitrogens with zero attached hydrogens (tertiary/aromatic N) is 3. The lowest BCUT2D eigenvalue weighted by Gasteiger charge is -2.32. The molecule has 0 saturated carbocycles. The average molecular weight is 366 g/mol. The van der Waals surface area contributed by atoms with Crippen LogP contribution in [0.25, 0.3) is 22.4 Å². The second-order valence-electron chi connectivity index (χ2n) is 6.96. The number of aliphatic hydroxyl groups is 1. The van der Waals surface area contributed by atoms with Crippen LogP contribution in [0.3, 0.4) is 0 Å². The summed E-state index contributed by atoms with van der Waals surface area (Å²) in [4.78, 5) is 32.3. The molecule has 0 atom stereocenters. The van der Waals surface area contributed by atoms with Gasteiger partial charge in [0.05, 0.1) is 11.0 Å². The van der Waals surface area contributed by atoms with Gasteiger partial charge in [-0.15, -0.1) is 0 Å². The van der Waals surface area contributed by atoms with E-state index in [0.29, 0.717) is 19.0 Å². The SMILES string of the molecule is O=C(CO)N1CCC(Cn2c(-c3ccc(=O)[nH]c3)nc3ccccc32)CC1. The first-order chi connectivity index (χ1) is 13.2. The van der Waals surface area contributed by atoms with E-state index in [9.17, 15) is 9.59 Å². The molecule has 0 bridgehead atoms. The number of pyridine rings is 1. The highest BCUT2D eigenvalue weighted by atomic mass is 16.3. The Morgan fingerprint density at radius 1 is 1.19 bits per heavy atom. The van der Waals surface area contributed by atoms with Crippen molar-refractivity contribution < 1.29 is 9.90 Å². The summed E-state index contributed by atoms with van der Waals surface area (Å²) in [5, 5.41) is 9.03. The van der Waals surface area contributed by atoms with Crippen molar-refractivity contribution in [1.29, 1.82) is 0 Å². The van der Waals surface area contributed by atoms with Crippen LogP contribution in [0.5, 0.6) is 0 Å². The van der Waals surface area contributed by atoms with Crippen LogP contribution in [0, 0.1) is 5.92 Å². The Morgan fingerprint density at radius 3 is 2.67 bits per heavy atom. The third kappa shape index (κ3) is 3.50. The molecule has 7 nitrogen and oxygen atoms in total. The van der Waals surface area contributed by atoms with E-state index in [4.69, 9.17) is 10.1 Å². The summed E-state index contributed by atoms with van der Waals surface area (Å²) in [5.74, 6) is 1.06. The monoisotopic (exact) mass is 366 g/mol. The predicted octanol–water partition coefficient (Wildman–Crippen LogP) is 1.62. The fourth-order valence-corrected chi connectivity index (χ4v) is 3.75. The first kappa shape index (κ1) is 17.5. The Morgan fingerprint density at radius 2 is 1.96 bits per heavy atom. The number of hydrogen-bond acceptors (Lipinski definition) is 4. The molecule has 2 aromatic heterocycles. The van der Waals surface area contributed by atoms with Gasteiger partial charge < -0.3 is 19.6 Å².